The van der Waals surface area contributed by atoms with Crippen LogP contribution in [0, 0.1) is 5.92 Å². The van der Waals surface area contributed by atoms with Crippen LogP contribution in [0.15, 0.2) is 40.6 Å². The van der Waals surface area contributed by atoms with E-state index in [1.807, 2.05) is 0 Å². The van der Waals surface area contributed by atoms with E-state index >= 15 is 0 Å². The summed E-state index contributed by atoms with van der Waals surface area (Å²) < 4.78 is 25.0. The van der Waals surface area contributed by atoms with Gasteiger partial charge in [0.05, 0.1) is 6.54 Å². The number of aliphatic hydroxyl groups is 1. The predicted octanol–water partition coefficient (Wildman–Crippen LogP) is 1.37. The van der Waals surface area contributed by atoms with Crippen molar-refractivity contribution in [3.63, 3.8) is 0 Å². The summed E-state index contributed by atoms with van der Waals surface area (Å²) in [4.78, 5) is 23.4. The van der Waals surface area contributed by atoms with E-state index in [-0.39, 0.29) is 12.1 Å². The van der Waals surface area contributed by atoms with Gasteiger partial charge in [0.15, 0.2) is 18.4 Å². The van der Waals surface area contributed by atoms with Gasteiger partial charge < -0.3 is 14.6 Å². The van der Waals surface area contributed by atoms with Crippen molar-refractivity contribution in [2.24, 2.45) is 16.1 Å². The summed E-state index contributed by atoms with van der Waals surface area (Å²) in [5.41, 5.74) is 0.234. The number of ether oxygens (including phenoxy) is 2. The average molecular weight is 336 g/mol. The number of carbonyl (C=O) groups is 2. The molecule has 0 bridgehead atoms. The first-order chi connectivity index (χ1) is 11.5. The zero-order valence-corrected chi connectivity index (χ0v) is 12.9. The second-order valence-electron chi connectivity index (χ2n) is 5.82. The minimum atomic E-state index is -1.81. The summed E-state index contributed by atoms with van der Waals surface area (Å²) in [5, 5.41) is 18.1. The molecule has 2 aliphatic rings. The number of halogens is 1. The Morgan fingerprint density at radius 1 is 1.42 bits per heavy atom. The largest absolute Gasteiger partial charge is 0.456 e. The summed E-state index contributed by atoms with van der Waals surface area (Å²) >= 11 is 0. The highest BCUT2D eigenvalue weighted by Gasteiger charge is 2.54. The molecule has 2 aliphatic heterocycles. The molecule has 6 unspecified atom stereocenters. The lowest BCUT2D eigenvalue weighted by Gasteiger charge is -2.38. The summed E-state index contributed by atoms with van der Waals surface area (Å²) in [7, 11) is 0. The van der Waals surface area contributed by atoms with Crippen molar-refractivity contribution >= 4 is 11.9 Å². The zero-order chi connectivity index (χ0) is 17.3. The monoisotopic (exact) mass is 336 g/mol. The fourth-order valence-corrected chi connectivity index (χ4v) is 3.00. The molecule has 2 heterocycles. The standard InChI is InChI=1S/C16H17FN2O5/c1-8(20)23-14-12-10(7-18-19-12)16(22)24-15(14)13(21)11(17)9-5-3-2-4-6-9/h2-6,10-15,21H,7H2,1H3. The Kier molecular flexibility index (Phi) is 4.57. The van der Waals surface area contributed by atoms with Crippen LogP contribution in [0.2, 0.25) is 0 Å². The van der Waals surface area contributed by atoms with E-state index in [1.165, 1.54) is 19.1 Å². The van der Waals surface area contributed by atoms with Gasteiger partial charge in [-0.1, -0.05) is 30.3 Å². The molecule has 1 aromatic rings. The lowest BCUT2D eigenvalue weighted by Crippen LogP contribution is -2.57. The van der Waals surface area contributed by atoms with Crippen molar-refractivity contribution in [2.45, 2.75) is 37.4 Å². The van der Waals surface area contributed by atoms with Crippen LogP contribution in [0.3, 0.4) is 0 Å². The van der Waals surface area contributed by atoms with Gasteiger partial charge in [-0.2, -0.15) is 10.2 Å². The van der Waals surface area contributed by atoms with E-state index in [0.29, 0.717) is 0 Å². The van der Waals surface area contributed by atoms with E-state index in [0.717, 1.165) is 0 Å². The number of hydrogen-bond donors (Lipinski definition) is 1. The fraction of sp³-hybridized carbons (Fsp3) is 0.500. The van der Waals surface area contributed by atoms with Gasteiger partial charge in [-0.25, -0.2) is 4.39 Å². The van der Waals surface area contributed by atoms with E-state index < -0.39 is 48.4 Å². The number of hydrogen-bond acceptors (Lipinski definition) is 7. The first kappa shape index (κ1) is 16.5. The van der Waals surface area contributed by atoms with Crippen molar-refractivity contribution < 1.29 is 28.6 Å². The molecule has 0 aromatic heterocycles. The minimum Gasteiger partial charge on any atom is -0.456 e. The number of benzene rings is 1. The maximum absolute atomic E-state index is 14.7. The van der Waals surface area contributed by atoms with Crippen LogP contribution in [0.4, 0.5) is 4.39 Å². The number of alkyl halides is 1. The molecule has 0 saturated carbocycles. The Bertz CT molecular complexity index is 653. The Hall–Kier alpha value is -2.35. The van der Waals surface area contributed by atoms with Crippen LogP contribution in [-0.2, 0) is 19.1 Å². The summed E-state index contributed by atoms with van der Waals surface area (Å²) in [6.45, 7) is 1.31. The molecule has 24 heavy (non-hydrogen) atoms. The Morgan fingerprint density at radius 3 is 2.79 bits per heavy atom. The Labute approximate surface area is 137 Å². The van der Waals surface area contributed by atoms with Crippen molar-refractivity contribution in [3.05, 3.63) is 35.9 Å². The van der Waals surface area contributed by atoms with E-state index in [4.69, 9.17) is 9.47 Å². The van der Waals surface area contributed by atoms with Gasteiger partial charge in [0.2, 0.25) is 0 Å². The number of nitrogens with zero attached hydrogens (tertiary/aromatic N) is 2. The topological polar surface area (TPSA) is 97.6 Å². The van der Waals surface area contributed by atoms with Crippen LogP contribution in [0.1, 0.15) is 18.7 Å². The number of rotatable bonds is 4. The van der Waals surface area contributed by atoms with Crippen LogP contribution in [0.25, 0.3) is 0 Å². The highest BCUT2D eigenvalue weighted by Crippen LogP contribution is 2.36. The van der Waals surface area contributed by atoms with Gasteiger partial charge in [-0.15, -0.1) is 0 Å². The van der Waals surface area contributed by atoms with Gasteiger partial charge >= 0.3 is 11.9 Å². The second kappa shape index (κ2) is 6.64. The predicted molar refractivity (Wildman–Crippen MR) is 78.7 cm³/mol. The molecule has 1 fully saturated rings. The number of fused-ring (bicyclic) bond motifs is 1. The van der Waals surface area contributed by atoms with Crippen LogP contribution in [-0.4, -0.2) is 47.9 Å². The Balaban J connectivity index is 1.86. The molecular formula is C16H17FN2O5. The SMILES string of the molecule is CC(=O)OC1C2N=NCC2C(=O)OC1C(O)C(F)c1ccccc1. The van der Waals surface area contributed by atoms with Gasteiger partial charge in [0, 0.05) is 6.92 Å². The fourth-order valence-electron chi connectivity index (χ4n) is 3.00. The second-order valence-corrected chi connectivity index (χ2v) is 5.82. The van der Waals surface area contributed by atoms with Crippen LogP contribution in [0.5, 0.6) is 0 Å². The lowest BCUT2D eigenvalue weighted by atomic mass is 9.86. The number of carbonyl (C=O) groups excluding carboxylic acids is 2. The van der Waals surface area contributed by atoms with E-state index in [1.54, 1.807) is 18.2 Å². The molecule has 3 rings (SSSR count). The van der Waals surface area contributed by atoms with Crippen molar-refractivity contribution in [3.8, 4) is 0 Å². The molecule has 0 spiro atoms. The van der Waals surface area contributed by atoms with Crippen LogP contribution >= 0.6 is 0 Å². The molecular weight excluding hydrogens is 319 g/mol. The number of aliphatic hydroxyl groups excluding tert-OH is 1. The minimum absolute atomic E-state index is 0.127. The molecule has 0 aliphatic carbocycles. The highest BCUT2D eigenvalue weighted by molar-refractivity contribution is 5.76. The van der Waals surface area contributed by atoms with Crippen molar-refractivity contribution in [1.82, 2.24) is 0 Å². The van der Waals surface area contributed by atoms with Gasteiger partial charge in [-0.3, -0.25) is 9.59 Å². The first-order valence-corrected chi connectivity index (χ1v) is 7.60. The van der Waals surface area contributed by atoms with E-state index in [2.05, 4.69) is 10.2 Å². The third-order valence-corrected chi connectivity index (χ3v) is 4.18. The molecule has 6 atom stereocenters. The first-order valence-electron chi connectivity index (χ1n) is 7.60. The molecule has 1 N–H and O–H groups in total. The van der Waals surface area contributed by atoms with Gasteiger partial charge in [0.25, 0.3) is 0 Å². The number of azo groups is 1. The van der Waals surface area contributed by atoms with Gasteiger partial charge in [-0.05, 0) is 5.56 Å². The number of cyclic esters (lactones) is 1. The molecule has 128 valence electrons. The van der Waals surface area contributed by atoms with E-state index in [9.17, 15) is 19.1 Å². The average Bonchev–Trinajstić information content (AvgIpc) is 3.07. The van der Waals surface area contributed by atoms with Crippen molar-refractivity contribution in [2.75, 3.05) is 6.54 Å². The summed E-state index contributed by atoms with van der Waals surface area (Å²) in [6.07, 6.45) is -5.93. The molecule has 0 radical (unpaired) electrons. The molecule has 1 saturated heterocycles. The highest BCUT2D eigenvalue weighted by atomic mass is 19.1. The van der Waals surface area contributed by atoms with Gasteiger partial charge in [0.1, 0.15) is 18.1 Å². The maximum atomic E-state index is 14.7. The maximum Gasteiger partial charge on any atom is 0.313 e. The number of esters is 2. The quantitative estimate of drug-likeness (QED) is 0.838. The smallest absolute Gasteiger partial charge is 0.313 e. The normalized spacial score (nSPS) is 31.0. The molecule has 1 aromatic carbocycles. The third kappa shape index (κ3) is 3.01. The zero-order valence-electron chi connectivity index (χ0n) is 12.9. The van der Waals surface area contributed by atoms with Crippen molar-refractivity contribution in [1.29, 1.82) is 0 Å². The molecule has 8 heteroatoms. The summed E-state index contributed by atoms with van der Waals surface area (Å²) in [6, 6.07) is 7.24. The van der Waals surface area contributed by atoms with Crippen LogP contribution < -0.4 is 0 Å². The third-order valence-electron chi connectivity index (χ3n) is 4.18. The molecule has 0 amide bonds. The Morgan fingerprint density at radius 2 is 2.12 bits per heavy atom. The lowest BCUT2D eigenvalue weighted by molar-refractivity contribution is -0.199. The molecule has 7 nitrogen and oxygen atoms in total. The summed E-state index contributed by atoms with van der Waals surface area (Å²) in [5.74, 6) is -1.93.